The number of benzene rings is 2. The SMILES string of the molecule is Cc1cc(CC(=O)Nc2cnn(C(C)(C)C)c2)ccc1Oc1ccnc2ccc(S(=O)(=O)[C@H]3CCN(C4COC4)C[C@@H]3F)cc12. The van der Waals surface area contributed by atoms with Crippen molar-refractivity contribution in [2.45, 2.75) is 68.4 Å². The minimum atomic E-state index is -3.94. The number of halogens is 1. The largest absolute Gasteiger partial charge is 0.456 e. The number of hydrogen-bond donors (Lipinski definition) is 1. The van der Waals surface area contributed by atoms with Crippen LogP contribution in [0.2, 0.25) is 0 Å². The van der Waals surface area contributed by atoms with Crippen molar-refractivity contribution in [1.82, 2.24) is 19.7 Å². The fourth-order valence-corrected chi connectivity index (χ4v) is 7.54. The molecule has 6 rings (SSSR count). The van der Waals surface area contributed by atoms with Gasteiger partial charge in [0, 0.05) is 30.9 Å². The Hall–Kier alpha value is -3.87. The zero-order valence-corrected chi connectivity index (χ0v) is 26.7. The molecule has 2 fully saturated rings. The highest BCUT2D eigenvalue weighted by Gasteiger charge is 2.42. The third kappa shape index (κ3) is 6.58. The van der Waals surface area contributed by atoms with Crippen molar-refractivity contribution in [1.29, 1.82) is 0 Å². The molecule has 4 aromatic rings. The Morgan fingerprint density at radius 2 is 1.93 bits per heavy atom. The van der Waals surface area contributed by atoms with Crippen molar-refractivity contribution < 1.29 is 27.1 Å². The van der Waals surface area contributed by atoms with E-state index in [0.29, 0.717) is 47.8 Å². The van der Waals surface area contributed by atoms with E-state index in [1.165, 1.54) is 12.1 Å². The molecule has 10 nitrogen and oxygen atoms in total. The van der Waals surface area contributed by atoms with E-state index in [1.54, 1.807) is 41.5 Å². The third-order valence-electron chi connectivity index (χ3n) is 8.43. The molecule has 0 aliphatic carbocycles. The van der Waals surface area contributed by atoms with E-state index < -0.39 is 21.3 Å². The van der Waals surface area contributed by atoms with Gasteiger partial charge in [0.1, 0.15) is 17.7 Å². The van der Waals surface area contributed by atoms with Crippen LogP contribution in [0.1, 0.15) is 38.3 Å². The van der Waals surface area contributed by atoms with Crippen LogP contribution in [-0.4, -0.2) is 77.8 Å². The molecular formula is C33H38FN5O5S. The number of amides is 1. The molecule has 0 bridgehead atoms. The highest BCUT2D eigenvalue weighted by molar-refractivity contribution is 7.92. The molecule has 0 unspecified atom stereocenters. The zero-order valence-electron chi connectivity index (χ0n) is 25.9. The van der Waals surface area contributed by atoms with Crippen LogP contribution in [0.25, 0.3) is 10.9 Å². The van der Waals surface area contributed by atoms with Gasteiger partial charge in [-0.05, 0) is 75.6 Å². The van der Waals surface area contributed by atoms with E-state index in [2.05, 4.69) is 15.4 Å². The molecule has 0 radical (unpaired) electrons. The van der Waals surface area contributed by atoms with Gasteiger partial charge in [-0.1, -0.05) is 12.1 Å². The number of pyridine rings is 1. The smallest absolute Gasteiger partial charge is 0.228 e. The maximum Gasteiger partial charge on any atom is 0.228 e. The lowest BCUT2D eigenvalue weighted by Crippen LogP contribution is -2.57. The topological polar surface area (TPSA) is 116 Å². The molecule has 0 spiro atoms. The predicted molar refractivity (Wildman–Crippen MR) is 169 cm³/mol. The number of nitrogens with one attached hydrogen (secondary N) is 1. The quantitative estimate of drug-likeness (QED) is 0.286. The number of anilines is 1. The molecular weight excluding hydrogens is 597 g/mol. The highest BCUT2D eigenvalue weighted by atomic mass is 32.2. The maximum absolute atomic E-state index is 15.3. The normalized spacial score (nSPS) is 19.8. The standard InChI is InChI=1S/C33H38FN5O5S/c1-21-13-22(14-32(40)37-23-16-36-39(17-23)33(2,3)4)5-8-29(21)44-30-9-11-35-28-7-6-25(15-26(28)30)45(41,42)31-10-12-38(18-27(31)34)24-19-43-20-24/h5-9,11,13,15-17,24,27,31H,10,12,14,18-20H2,1-4H3,(H,37,40)/t27-,31-/m0/s1. The first-order chi connectivity index (χ1) is 21.4. The Labute approximate surface area is 262 Å². The molecule has 238 valence electrons. The molecule has 45 heavy (non-hydrogen) atoms. The number of alkyl halides is 1. The second kappa shape index (κ2) is 12.1. The van der Waals surface area contributed by atoms with Crippen LogP contribution in [0.15, 0.2) is 66.0 Å². The number of aryl methyl sites for hydroxylation is 1. The minimum absolute atomic E-state index is 0.0482. The fourth-order valence-electron chi connectivity index (χ4n) is 5.76. The Bertz CT molecular complexity index is 1830. The van der Waals surface area contributed by atoms with Gasteiger partial charge in [0.2, 0.25) is 5.91 Å². The number of fused-ring (bicyclic) bond motifs is 1. The summed E-state index contributed by atoms with van der Waals surface area (Å²) in [7, 11) is -3.94. The lowest BCUT2D eigenvalue weighted by molar-refractivity contribution is -0.115. The van der Waals surface area contributed by atoms with Crippen molar-refractivity contribution >= 4 is 32.3 Å². The van der Waals surface area contributed by atoms with Gasteiger partial charge in [0.25, 0.3) is 0 Å². The zero-order chi connectivity index (χ0) is 31.9. The summed E-state index contributed by atoms with van der Waals surface area (Å²) in [5.74, 6) is 0.823. The van der Waals surface area contributed by atoms with Gasteiger partial charge in [-0.15, -0.1) is 0 Å². The molecule has 1 amide bonds. The first kappa shape index (κ1) is 31.1. The maximum atomic E-state index is 15.3. The first-order valence-corrected chi connectivity index (χ1v) is 16.6. The average molecular weight is 636 g/mol. The lowest BCUT2D eigenvalue weighted by atomic mass is 10.1. The van der Waals surface area contributed by atoms with Crippen molar-refractivity contribution in [3.8, 4) is 11.5 Å². The van der Waals surface area contributed by atoms with Gasteiger partial charge < -0.3 is 14.8 Å². The number of aromatic nitrogens is 3. The Balaban J connectivity index is 1.16. The summed E-state index contributed by atoms with van der Waals surface area (Å²) in [5.41, 5.74) is 2.62. The van der Waals surface area contributed by atoms with Gasteiger partial charge in [-0.2, -0.15) is 5.10 Å². The van der Waals surface area contributed by atoms with E-state index in [-0.39, 0.29) is 41.8 Å². The summed E-state index contributed by atoms with van der Waals surface area (Å²) in [6, 6.07) is 12.0. The number of piperidine rings is 1. The number of nitrogens with zero attached hydrogens (tertiary/aromatic N) is 4. The molecule has 2 atom stereocenters. The summed E-state index contributed by atoms with van der Waals surface area (Å²) in [5, 5.41) is 6.61. The Kier molecular flexibility index (Phi) is 8.40. The van der Waals surface area contributed by atoms with E-state index in [0.717, 1.165) is 11.1 Å². The van der Waals surface area contributed by atoms with Gasteiger partial charge in [0.05, 0.1) is 58.8 Å². The molecule has 4 heterocycles. The Morgan fingerprint density at radius 3 is 2.60 bits per heavy atom. The summed E-state index contributed by atoms with van der Waals surface area (Å²) in [6.07, 6.45) is 3.93. The van der Waals surface area contributed by atoms with Gasteiger partial charge >= 0.3 is 0 Å². The minimum Gasteiger partial charge on any atom is -0.456 e. The number of carbonyl (C=O) groups excluding carboxylic acids is 1. The number of sulfone groups is 1. The number of rotatable bonds is 8. The molecule has 1 N–H and O–H groups in total. The number of likely N-dealkylation sites (tertiary alicyclic amines) is 1. The molecule has 2 saturated heterocycles. The number of hydrogen-bond acceptors (Lipinski definition) is 8. The van der Waals surface area contributed by atoms with Crippen LogP contribution < -0.4 is 10.1 Å². The van der Waals surface area contributed by atoms with Crippen LogP contribution in [0.4, 0.5) is 10.1 Å². The first-order valence-electron chi connectivity index (χ1n) is 15.1. The van der Waals surface area contributed by atoms with Crippen molar-refractivity contribution in [2.24, 2.45) is 0 Å². The lowest BCUT2D eigenvalue weighted by Gasteiger charge is -2.42. The molecule has 2 aromatic heterocycles. The van der Waals surface area contributed by atoms with Crippen molar-refractivity contribution in [3.05, 3.63) is 72.2 Å². The second-order valence-electron chi connectivity index (χ2n) is 12.8. The summed E-state index contributed by atoms with van der Waals surface area (Å²) in [6.45, 7) is 9.70. The molecule has 12 heteroatoms. The van der Waals surface area contributed by atoms with E-state index >= 15 is 4.39 Å². The summed E-state index contributed by atoms with van der Waals surface area (Å²) < 4.78 is 55.8. The predicted octanol–water partition coefficient (Wildman–Crippen LogP) is 5.05. The molecule has 2 aliphatic heterocycles. The van der Waals surface area contributed by atoms with E-state index in [4.69, 9.17) is 9.47 Å². The summed E-state index contributed by atoms with van der Waals surface area (Å²) in [4.78, 5) is 19.1. The molecule has 2 aliphatic rings. The second-order valence-corrected chi connectivity index (χ2v) is 15.0. The van der Waals surface area contributed by atoms with Crippen LogP contribution in [-0.2, 0) is 31.3 Å². The molecule has 0 saturated carbocycles. The van der Waals surface area contributed by atoms with E-state index in [1.807, 2.05) is 44.7 Å². The van der Waals surface area contributed by atoms with Gasteiger partial charge in [-0.3, -0.25) is 19.4 Å². The van der Waals surface area contributed by atoms with Crippen molar-refractivity contribution in [2.75, 3.05) is 31.6 Å². The average Bonchev–Trinajstić information content (AvgIpc) is 3.42. The summed E-state index contributed by atoms with van der Waals surface area (Å²) >= 11 is 0. The van der Waals surface area contributed by atoms with Crippen LogP contribution >= 0.6 is 0 Å². The van der Waals surface area contributed by atoms with Crippen molar-refractivity contribution in [3.63, 3.8) is 0 Å². The third-order valence-corrected chi connectivity index (χ3v) is 10.7. The van der Waals surface area contributed by atoms with Crippen LogP contribution in [0.3, 0.4) is 0 Å². The molecule has 2 aromatic carbocycles. The van der Waals surface area contributed by atoms with Crippen LogP contribution in [0.5, 0.6) is 11.5 Å². The number of carbonyl (C=O) groups is 1. The van der Waals surface area contributed by atoms with Gasteiger partial charge in [0.15, 0.2) is 9.84 Å². The monoisotopic (exact) mass is 635 g/mol. The highest BCUT2D eigenvalue weighted by Crippen LogP contribution is 2.35. The van der Waals surface area contributed by atoms with Crippen LogP contribution in [0, 0.1) is 6.92 Å². The van der Waals surface area contributed by atoms with E-state index in [9.17, 15) is 13.2 Å². The number of ether oxygens (including phenoxy) is 2. The fraction of sp³-hybridized carbons (Fsp3) is 0.424. The van der Waals surface area contributed by atoms with Gasteiger partial charge in [-0.25, -0.2) is 12.8 Å². The Morgan fingerprint density at radius 1 is 1.13 bits per heavy atom.